The van der Waals surface area contributed by atoms with Crippen LogP contribution in [0.3, 0.4) is 0 Å². The van der Waals surface area contributed by atoms with Crippen LogP contribution in [0.15, 0.2) is 42.7 Å². The highest BCUT2D eigenvalue weighted by molar-refractivity contribution is 6.31. The molecule has 7 nitrogen and oxygen atoms in total. The Labute approximate surface area is 166 Å². The summed E-state index contributed by atoms with van der Waals surface area (Å²) in [6, 6.07) is 10.9. The second-order valence-electron chi connectivity index (χ2n) is 6.71. The molecule has 142 valence electrons. The maximum absolute atomic E-state index is 12.9. The van der Waals surface area contributed by atoms with Crippen molar-refractivity contribution in [2.24, 2.45) is 0 Å². The van der Waals surface area contributed by atoms with Crippen molar-refractivity contribution in [1.29, 1.82) is 0 Å². The molecule has 3 aromatic rings. The van der Waals surface area contributed by atoms with Gasteiger partial charge in [0.05, 0.1) is 5.52 Å². The Bertz CT molecular complexity index is 1070. The molecule has 2 aromatic carbocycles. The molecule has 5 rings (SSSR count). The standard InChI is InChI=1S/C20H17ClN4O3/c21-14-2-3-15-16(10-14)22-11-23-19(15)24-5-7-25(8-6-24)20(26)13-1-4-17-18(9-13)28-12-27-17/h1-4,9-11H,5-8,12H2. The Hall–Kier alpha value is -3.06. The molecule has 0 aliphatic carbocycles. The lowest BCUT2D eigenvalue weighted by Crippen LogP contribution is -2.49. The van der Waals surface area contributed by atoms with Gasteiger partial charge in [-0.1, -0.05) is 11.6 Å². The van der Waals surface area contributed by atoms with Crippen molar-refractivity contribution < 1.29 is 14.3 Å². The average molecular weight is 397 g/mol. The number of nitrogens with zero attached hydrogens (tertiary/aromatic N) is 4. The number of fused-ring (bicyclic) bond motifs is 2. The molecular weight excluding hydrogens is 380 g/mol. The number of hydrogen-bond acceptors (Lipinski definition) is 6. The molecule has 0 spiro atoms. The van der Waals surface area contributed by atoms with Crippen LogP contribution in [0.4, 0.5) is 5.82 Å². The van der Waals surface area contributed by atoms with E-state index in [4.69, 9.17) is 21.1 Å². The van der Waals surface area contributed by atoms with E-state index in [1.54, 1.807) is 24.5 Å². The van der Waals surface area contributed by atoms with Crippen LogP contribution in [0.25, 0.3) is 10.9 Å². The summed E-state index contributed by atoms with van der Waals surface area (Å²) < 4.78 is 10.7. The van der Waals surface area contributed by atoms with E-state index in [9.17, 15) is 4.79 Å². The molecule has 2 aliphatic rings. The van der Waals surface area contributed by atoms with Crippen LogP contribution in [-0.4, -0.2) is 53.7 Å². The van der Waals surface area contributed by atoms with Crippen molar-refractivity contribution >= 4 is 34.2 Å². The maximum atomic E-state index is 12.9. The predicted octanol–water partition coefficient (Wildman–Crippen LogP) is 2.97. The smallest absolute Gasteiger partial charge is 0.254 e. The summed E-state index contributed by atoms with van der Waals surface area (Å²) in [5.41, 5.74) is 1.43. The number of benzene rings is 2. The number of carbonyl (C=O) groups excluding carboxylic acids is 1. The van der Waals surface area contributed by atoms with E-state index in [1.807, 2.05) is 23.1 Å². The fourth-order valence-electron chi connectivity index (χ4n) is 3.60. The minimum atomic E-state index is -0.00252. The number of piperazine rings is 1. The van der Waals surface area contributed by atoms with Crippen LogP contribution in [0.2, 0.25) is 5.02 Å². The van der Waals surface area contributed by atoms with Crippen LogP contribution in [0.5, 0.6) is 11.5 Å². The summed E-state index contributed by atoms with van der Waals surface area (Å²) in [5.74, 6) is 2.17. The lowest BCUT2D eigenvalue weighted by molar-refractivity contribution is 0.0746. The Balaban J connectivity index is 1.32. The summed E-state index contributed by atoms with van der Waals surface area (Å²) in [6.45, 7) is 2.83. The molecule has 0 atom stereocenters. The maximum Gasteiger partial charge on any atom is 0.254 e. The molecule has 1 aromatic heterocycles. The Morgan fingerprint density at radius 2 is 1.79 bits per heavy atom. The molecule has 2 aliphatic heterocycles. The highest BCUT2D eigenvalue weighted by atomic mass is 35.5. The number of carbonyl (C=O) groups is 1. The fraction of sp³-hybridized carbons (Fsp3) is 0.250. The number of anilines is 1. The van der Waals surface area contributed by atoms with Crippen molar-refractivity contribution in [2.45, 2.75) is 0 Å². The normalized spacial score (nSPS) is 15.9. The number of hydrogen-bond donors (Lipinski definition) is 0. The first-order valence-electron chi connectivity index (χ1n) is 9.03. The lowest BCUT2D eigenvalue weighted by atomic mass is 10.1. The van der Waals surface area contributed by atoms with Crippen LogP contribution in [0.1, 0.15) is 10.4 Å². The number of aromatic nitrogens is 2. The van der Waals surface area contributed by atoms with Crippen molar-refractivity contribution in [2.75, 3.05) is 37.9 Å². The van der Waals surface area contributed by atoms with Crippen molar-refractivity contribution in [1.82, 2.24) is 14.9 Å². The minimum absolute atomic E-state index is 0.00252. The van der Waals surface area contributed by atoms with E-state index in [2.05, 4.69) is 14.9 Å². The van der Waals surface area contributed by atoms with Gasteiger partial charge in [-0.05, 0) is 36.4 Å². The van der Waals surface area contributed by atoms with Crippen LogP contribution >= 0.6 is 11.6 Å². The molecule has 0 unspecified atom stereocenters. The molecule has 1 saturated heterocycles. The predicted molar refractivity (Wildman–Crippen MR) is 105 cm³/mol. The van der Waals surface area contributed by atoms with Crippen molar-refractivity contribution in [3.05, 3.63) is 53.3 Å². The van der Waals surface area contributed by atoms with Gasteiger partial charge < -0.3 is 19.3 Å². The molecule has 0 saturated carbocycles. The van der Waals surface area contributed by atoms with Gasteiger partial charge in [-0.2, -0.15) is 0 Å². The molecule has 1 fully saturated rings. The van der Waals surface area contributed by atoms with Gasteiger partial charge >= 0.3 is 0 Å². The average Bonchev–Trinajstić information content (AvgIpc) is 3.20. The second kappa shape index (κ2) is 6.83. The first kappa shape index (κ1) is 17.1. The third-order valence-corrected chi connectivity index (χ3v) is 5.30. The van der Waals surface area contributed by atoms with Gasteiger partial charge in [0.15, 0.2) is 11.5 Å². The zero-order valence-electron chi connectivity index (χ0n) is 15.0. The molecular formula is C20H17ClN4O3. The van der Waals surface area contributed by atoms with Gasteiger partial charge in [-0.25, -0.2) is 9.97 Å². The summed E-state index contributed by atoms with van der Waals surface area (Å²) in [7, 11) is 0. The number of halogens is 1. The highest BCUT2D eigenvalue weighted by Gasteiger charge is 2.25. The van der Waals surface area contributed by atoms with Gasteiger partial charge in [-0.3, -0.25) is 4.79 Å². The van der Waals surface area contributed by atoms with E-state index in [0.717, 1.165) is 16.7 Å². The van der Waals surface area contributed by atoms with E-state index in [0.29, 0.717) is 48.3 Å². The number of rotatable bonds is 2. The molecule has 3 heterocycles. The topological polar surface area (TPSA) is 67.8 Å². The molecule has 8 heteroatoms. The highest BCUT2D eigenvalue weighted by Crippen LogP contribution is 2.33. The van der Waals surface area contributed by atoms with E-state index in [-0.39, 0.29) is 12.7 Å². The second-order valence-corrected chi connectivity index (χ2v) is 7.14. The fourth-order valence-corrected chi connectivity index (χ4v) is 3.77. The third kappa shape index (κ3) is 2.97. The summed E-state index contributed by atoms with van der Waals surface area (Å²) >= 11 is 6.07. The zero-order valence-corrected chi connectivity index (χ0v) is 15.7. The van der Waals surface area contributed by atoms with E-state index >= 15 is 0 Å². The van der Waals surface area contributed by atoms with Gasteiger partial charge in [0.25, 0.3) is 5.91 Å². The lowest BCUT2D eigenvalue weighted by Gasteiger charge is -2.35. The van der Waals surface area contributed by atoms with Gasteiger partial charge in [0.1, 0.15) is 12.1 Å². The first-order valence-corrected chi connectivity index (χ1v) is 9.41. The Morgan fingerprint density at radius 3 is 2.64 bits per heavy atom. The van der Waals surface area contributed by atoms with Crippen LogP contribution < -0.4 is 14.4 Å². The van der Waals surface area contributed by atoms with Gasteiger partial charge in [0.2, 0.25) is 6.79 Å². The molecule has 0 N–H and O–H groups in total. The van der Waals surface area contributed by atoms with Gasteiger partial charge in [0, 0.05) is 42.2 Å². The molecule has 28 heavy (non-hydrogen) atoms. The van der Waals surface area contributed by atoms with Crippen molar-refractivity contribution in [3.63, 3.8) is 0 Å². The quantitative estimate of drug-likeness (QED) is 0.663. The van der Waals surface area contributed by atoms with Crippen LogP contribution in [-0.2, 0) is 0 Å². The Kier molecular flexibility index (Phi) is 4.16. The number of amides is 1. The van der Waals surface area contributed by atoms with Gasteiger partial charge in [-0.15, -0.1) is 0 Å². The Morgan fingerprint density at radius 1 is 0.964 bits per heavy atom. The first-order chi connectivity index (χ1) is 13.7. The van der Waals surface area contributed by atoms with E-state index < -0.39 is 0 Å². The zero-order chi connectivity index (χ0) is 19.1. The van der Waals surface area contributed by atoms with E-state index in [1.165, 1.54) is 0 Å². The summed E-state index contributed by atoms with van der Waals surface area (Å²) in [6.07, 6.45) is 1.55. The summed E-state index contributed by atoms with van der Waals surface area (Å²) in [4.78, 5) is 25.7. The minimum Gasteiger partial charge on any atom is -0.454 e. The number of ether oxygens (including phenoxy) is 2. The summed E-state index contributed by atoms with van der Waals surface area (Å²) in [5, 5.41) is 1.61. The molecule has 0 radical (unpaired) electrons. The molecule has 0 bridgehead atoms. The third-order valence-electron chi connectivity index (χ3n) is 5.06. The molecule has 1 amide bonds. The monoisotopic (exact) mass is 396 g/mol. The van der Waals surface area contributed by atoms with Crippen molar-refractivity contribution in [3.8, 4) is 11.5 Å². The SMILES string of the molecule is O=C(c1ccc2c(c1)OCO2)N1CCN(c2ncnc3cc(Cl)ccc23)CC1. The van der Waals surface area contributed by atoms with Crippen LogP contribution in [0, 0.1) is 0 Å². The largest absolute Gasteiger partial charge is 0.454 e.